The van der Waals surface area contributed by atoms with E-state index in [1.54, 1.807) is 4.68 Å². The van der Waals surface area contributed by atoms with Gasteiger partial charge in [0, 0.05) is 49.7 Å². The van der Waals surface area contributed by atoms with Crippen LogP contribution in [0.3, 0.4) is 0 Å². The van der Waals surface area contributed by atoms with Gasteiger partial charge in [-0.3, -0.25) is 4.98 Å². The summed E-state index contributed by atoms with van der Waals surface area (Å²) >= 11 is 0. The SMILES string of the molecule is Cc1cc([C@H](C2CCOCC2)n2c3cc(CS(C)(=O)=O)ccc3c3ncc(-c4c(C)nnn4C)cc32)no1. The molecule has 0 spiro atoms. The molecule has 0 saturated carbocycles. The summed E-state index contributed by atoms with van der Waals surface area (Å²) in [6.07, 6.45) is 4.86. The molecule has 6 rings (SSSR count). The summed E-state index contributed by atoms with van der Waals surface area (Å²) in [5.74, 6) is 0.953. The van der Waals surface area contributed by atoms with E-state index in [1.807, 2.05) is 51.4 Å². The number of fused-ring (bicyclic) bond motifs is 3. The fraction of sp³-hybridized carbons (Fsp3) is 0.407. The smallest absolute Gasteiger partial charge is 0.151 e. The summed E-state index contributed by atoms with van der Waals surface area (Å²) in [6.45, 7) is 5.18. The maximum absolute atomic E-state index is 12.2. The monoisotopic (exact) mass is 534 g/mol. The van der Waals surface area contributed by atoms with Crippen LogP contribution < -0.4 is 0 Å². The van der Waals surface area contributed by atoms with Crippen LogP contribution in [0.15, 0.2) is 41.1 Å². The summed E-state index contributed by atoms with van der Waals surface area (Å²) in [7, 11) is -1.34. The Labute approximate surface area is 220 Å². The Hall–Kier alpha value is -3.57. The van der Waals surface area contributed by atoms with Gasteiger partial charge in [0.2, 0.25) is 0 Å². The number of benzene rings is 1. The molecule has 1 aromatic carbocycles. The van der Waals surface area contributed by atoms with Gasteiger partial charge in [-0.05, 0) is 50.3 Å². The van der Waals surface area contributed by atoms with Crippen molar-refractivity contribution >= 4 is 31.8 Å². The minimum absolute atomic E-state index is 0.0337. The summed E-state index contributed by atoms with van der Waals surface area (Å²) in [6, 6.07) is 9.81. The van der Waals surface area contributed by atoms with E-state index in [4.69, 9.17) is 14.2 Å². The Balaban J connectivity index is 1.67. The highest BCUT2D eigenvalue weighted by Crippen LogP contribution is 2.41. The number of ether oxygens (including phenoxy) is 1. The first kappa shape index (κ1) is 24.7. The lowest BCUT2D eigenvalue weighted by atomic mass is 9.89. The molecule has 1 aliphatic rings. The van der Waals surface area contributed by atoms with Gasteiger partial charge < -0.3 is 13.8 Å². The highest BCUT2D eigenvalue weighted by Gasteiger charge is 2.32. The van der Waals surface area contributed by atoms with Crippen molar-refractivity contribution in [3.05, 3.63) is 59.2 Å². The molecule has 38 heavy (non-hydrogen) atoms. The van der Waals surface area contributed by atoms with E-state index in [0.717, 1.165) is 68.7 Å². The summed E-state index contributed by atoms with van der Waals surface area (Å²) in [4.78, 5) is 4.92. The number of pyridine rings is 1. The van der Waals surface area contributed by atoms with Gasteiger partial charge in [0.1, 0.15) is 11.5 Å². The molecule has 5 aromatic rings. The number of aryl methyl sites for hydroxylation is 3. The van der Waals surface area contributed by atoms with Crippen LogP contribution in [-0.2, 0) is 27.4 Å². The van der Waals surface area contributed by atoms with Crippen molar-refractivity contribution in [1.29, 1.82) is 0 Å². The van der Waals surface area contributed by atoms with Crippen molar-refractivity contribution in [2.45, 2.75) is 38.5 Å². The number of rotatable bonds is 6. The topological polar surface area (TPSA) is 118 Å². The van der Waals surface area contributed by atoms with E-state index in [9.17, 15) is 8.42 Å². The molecule has 0 aliphatic carbocycles. The average molecular weight is 535 g/mol. The second-order valence-corrected chi connectivity index (χ2v) is 12.4. The van der Waals surface area contributed by atoms with Gasteiger partial charge in [0.15, 0.2) is 9.84 Å². The molecule has 198 valence electrons. The second-order valence-electron chi connectivity index (χ2n) is 10.3. The van der Waals surface area contributed by atoms with Crippen LogP contribution in [0.25, 0.3) is 33.2 Å². The summed E-state index contributed by atoms with van der Waals surface area (Å²) < 4.78 is 39.6. The zero-order chi connectivity index (χ0) is 26.6. The molecule has 0 N–H and O–H groups in total. The molecule has 0 bridgehead atoms. The summed E-state index contributed by atoms with van der Waals surface area (Å²) in [5.41, 5.74) is 6.90. The molecule has 1 aliphatic heterocycles. The Morgan fingerprint density at radius 3 is 2.55 bits per heavy atom. The highest BCUT2D eigenvalue weighted by atomic mass is 32.2. The van der Waals surface area contributed by atoms with Crippen LogP contribution in [0, 0.1) is 19.8 Å². The van der Waals surface area contributed by atoms with Gasteiger partial charge in [-0.15, -0.1) is 5.10 Å². The van der Waals surface area contributed by atoms with Gasteiger partial charge in [0.05, 0.1) is 39.7 Å². The molecule has 0 radical (unpaired) electrons. The molecular weight excluding hydrogens is 504 g/mol. The van der Waals surface area contributed by atoms with E-state index in [1.165, 1.54) is 6.26 Å². The quantitative estimate of drug-likeness (QED) is 0.319. The maximum Gasteiger partial charge on any atom is 0.151 e. The molecular formula is C27H30N6O4S. The lowest BCUT2D eigenvalue weighted by Crippen LogP contribution is -2.27. The predicted octanol–water partition coefficient (Wildman–Crippen LogP) is 4.15. The van der Waals surface area contributed by atoms with Gasteiger partial charge in [-0.2, -0.15) is 0 Å². The molecule has 11 heteroatoms. The van der Waals surface area contributed by atoms with Crippen molar-refractivity contribution in [2.24, 2.45) is 13.0 Å². The third-order valence-corrected chi connectivity index (χ3v) is 8.20. The minimum Gasteiger partial charge on any atom is -0.381 e. The Morgan fingerprint density at radius 1 is 1.11 bits per heavy atom. The predicted molar refractivity (Wildman–Crippen MR) is 143 cm³/mol. The number of sulfone groups is 1. The minimum atomic E-state index is -3.21. The van der Waals surface area contributed by atoms with Crippen LogP contribution in [-0.4, -0.2) is 57.6 Å². The van der Waals surface area contributed by atoms with Crippen molar-refractivity contribution in [1.82, 2.24) is 29.7 Å². The fourth-order valence-electron chi connectivity index (χ4n) is 5.77. The lowest BCUT2D eigenvalue weighted by Gasteiger charge is -2.31. The zero-order valence-corrected chi connectivity index (χ0v) is 22.7. The number of nitrogens with zero attached hydrogens (tertiary/aromatic N) is 6. The first-order valence-corrected chi connectivity index (χ1v) is 14.7. The van der Waals surface area contributed by atoms with E-state index in [-0.39, 0.29) is 17.7 Å². The van der Waals surface area contributed by atoms with Crippen LogP contribution in [0.4, 0.5) is 0 Å². The molecule has 1 saturated heterocycles. The first-order valence-electron chi connectivity index (χ1n) is 12.7. The van der Waals surface area contributed by atoms with Gasteiger partial charge in [0.25, 0.3) is 0 Å². The average Bonchev–Trinajstić information content (AvgIpc) is 3.54. The molecule has 10 nitrogen and oxygen atoms in total. The molecule has 4 aromatic heterocycles. The first-order chi connectivity index (χ1) is 18.2. The highest BCUT2D eigenvalue weighted by molar-refractivity contribution is 7.89. The van der Waals surface area contributed by atoms with Gasteiger partial charge >= 0.3 is 0 Å². The number of hydrogen-bond donors (Lipinski definition) is 0. The molecule has 1 fully saturated rings. The van der Waals surface area contributed by atoms with E-state index >= 15 is 0 Å². The maximum atomic E-state index is 12.2. The van der Waals surface area contributed by atoms with Gasteiger partial charge in [-0.1, -0.05) is 22.5 Å². The van der Waals surface area contributed by atoms with E-state index in [2.05, 4.69) is 26.1 Å². The van der Waals surface area contributed by atoms with Crippen LogP contribution in [0.5, 0.6) is 0 Å². The third kappa shape index (κ3) is 4.39. The summed E-state index contributed by atoms with van der Waals surface area (Å²) in [5, 5.41) is 13.8. The standard InChI is InChI=1S/C27H30N6O4S/c1-16-11-22(30-37-16)27(19-7-9-36-10-8-19)33-23-12-18(15-38(4,34)35)5-6-21(23)25-24(33)13-20(14-28-25)26-17(2)29-31-32(26)3/h5-6,11-14,19,27H,7-10,15H2,1-4H3/t27-/m0/s1. The van der Waals surface area contributed by atoms with Crippen LogP contribution in [0.1, 0.15) is 41.6 Å². The van der Waals surface area contributed by atoms with E-state index in [0.29, 0.717) is 13.2 Å². The Bertz CT molecular complexity index is 1740. The third-order valence-electron chi connectivity index (χ3n) is 7.34. The Kier molecular flexibility index (Phi) is 6.07. The molecule has 5 heterocycles. The largest absolute Gasteiger partial charge is 0.381 e. The molecule has 0 unspecified atom stereocenters. The lowest BCUT2D eigenvalue weighted by molar-refractivity contribution is 0.0543. The van der Waals surface area contributed by atoms with Crippen molar-refractivity contribution in [2.75, 3.05) is 19.5 Å². The molecule has 0 amide bonds. The fourth-order valence-corrected chi connectivity index (χ4v) is 6.55. The van der Waals surface area contributed by atoms with Gasteiger partial charge in [-0.25, -0.2) is 13.1 Å². The van der Waals surface area contributed by atoms with Crippen molar-refractivity contribution < 1.29 is 17.7 Å². The van der Waals surface area contributed by atoms with Crippen molar-refractivity contribution in [3.63, 3.8) is 0 Å². The Morgan fingerprint density at radius 2 is 1.89 bits per heavy atom. The normalized spacial score (nSPS) is 16.0. The van der Waals surface area contributed by atoms with E-state index < -0.39 is 9.84 Å². The number of aromatic nitrogens is 6. The number of hydrogen-bond acceptors (Lipinski definition) is 8. The van der Waals surface area contributed by atoms with Crippen LogP contribution >= 0.6 is 0 Å². The molecule has 1 atom stereocenters. The van der Waals surface area contributed by atoms with Crippen molar-refractivity contribution in [3.8, 4) is 11.3 Å². The zero-order valence-electron chi connectivity index (χ0n) is 21.9. The second kappa shape index (κ2) is 9.32. The van der Waals surface area contributed by atoms with Crippen LogP contribution in [0.2, 0.25) is 0 Å².